The van der Waals surface area contributed by atoms with Crippen LogP contribution in [0, 0.1) is 11.8 Å². The molecule has 0 saturated heterocycles. The summed E-state index contributed by atoms with van der Waals surface area (Å²) in [6.45, 7) is 11.7. The molecule has 0 saturated carbocycles. The molecule has 176 valence electrons. The van der Waals surface area contributed by atoms with E-state index in [4.69, 9.17) is 10.5 Å². The van der Waals surface area contributed by atoms with Crippen molar-refractivity contribution >= 4 is 17.9 Å². The van der Waals surface area contributed by atoms with Crippen molar-refractivity contribution in [3.8, 4) is 0 Å². The summed E-state index contributed by atoms with van der Waals surface area (Å²) in [6, 6.07) is -1.02. The molecule has 0 heterocycles. The minimum Gasteiger partial charge on any atom is -0.444 e. The van der Waals surface area contributed by atoms with Crippen molar-refractivity contribution in [2.45, 2.75) is 97.8 Å². The van der Waals surface area contributed by atoms with Gasteiger partial charge in [0.1, 0.15) is 11.6 Å². The Bertz CT molecular complexity index is 545. The average Bonchev–Trinajstić information content (AvgIpc) is 2.58. The second-order valence-corrected chi connectivity index (χ2v) is 9.55. The smallest absolute Gasteiger partial charge is 0.407 e. The number of unbranched alkanes of at least 4 members (excludes halogenated alkanes) is 3. The summed E-state index contributed by atoms with van der Waals surface area (Å²) >= 11 is 0. The van der Waals surface area contributed by atoms with Crippen molar-refractivity contribution in [1.82, 2.24) is 10.2 Å². The number of aliphatic hydroxyl groups is 1. The molecule has 3 atom stereocenters. The fourth-order valence-electron chi connectivity index (χ4n) is 3.17. The molecule has 0 aromatic carbocycles. The normalized spacial score (nSPS) is 14.7. The topological polar surface area (TPSA) is 122 Å². The van der Waals surface area contributed by atoms with E-state index in [0.29, 0.717) is 13.0 Å². The summed E-state index contributed by atoms with van der Waals surface area (Å²) in [7, 11) is 1.52. The minimum atomic E-state index is -1.02. The second-order valence-electron chi connectivity index (χ2n) is 9.55. The van der Waals surface area contributed by atoms with Crippen LogP contribution in [0.4, 0.5) is 4.79 Å². The SMILES string of the molecule is CC(C)CC(=O)N(C)C(C(N)=O)[C@H](O)[C@H](C)CCCCCCNC(=O)OC(C)(C)C. The third-order valence-electron chi connectivity index (χ3n) is 4.85. The quantitative estimate of drug-likeness (QED) is 0.389. The summed E-state index contributed by atoms with van der Waals surface area (Å²) in [4.78, 5) is 37.0. The maximum Gasteiger partial charge on any atom is 0.407 e. The molecule has 3 amide bonds. The number of ether oxygens (including phenoxy) is 1. The molecule has 0 fully saturated rings. The lowest BCUT2D eigenvalue weighted by molar-refractivity contribution is -0.143. The first-order valence-corrected chi connectivity index (χ1v) is 11.0. The van der Waals surface area contributed by atoms with Crippen molar-refractivity contribution in [3.63, 3.8) is 0 Å². The number of alkyl carbamates (subject to hydrolysis) is 1. The number of carbonyl (C=O) groups excluding carboxylic acids is 3. The Morgan fingerprint density at radius 3 is 2.13 bits per heavy atom. The number of nitrogens with zero attached hydrogens (tertiary/aromatic N) is 1. The Labute approximate surface area is 181 Å². The van der Waals surface area contributed by atoms with Crippen LogP contribution in [-0.4, -0.2) is 59.3 Å². The van der Waals surface area contributed by atoms with Crippen LogP contribution in [0.15, 0.2) is 0 Å². The average molecular weight is 430 g/mol. The van der Waals surface area contributed by atoms with Gasteiger partial charge in [0.05, 0.1) is 6.10 Å². The predicted octanol–water partition coefficient (Wildman–Crippen LogP) is 2.82. The second kappa shape index (κ2) is 13.5. The maximum atomic E-state index is 12.3. The Kier molecular flexibility index (Phi) is 12.6. The number of nitrogens with two attached hydrogens (primary N) is 1. The summed E-state index contributed by atoms with van der Waals surface area (Å²) in [5.74, 6) is -0.899. The number of rotatable bonds is 13. The molecule has 4 N–H and O–H groups in total. The lowest BCUT2D eigenvalue weighted by Crippen LogP contribution is -2.54. The molecule has 0 aromatic heterocycles. The van der Waals surface area contributed by atoms with E-state index in [-0.39, 0.29) is 17.7 Å². The number of likely N-dealkylation sites (N-methyl/N-ethyl adjacent to an activating group) is 1. The van der Waals surface area contributed by atoms with Gasteiger partial charge in [-0.25, -0.2) is 4.79 Å². The highest BCUT2D eigenvalue weighted by atomic mass is 16.6. The predicted molar refractivity (Wildman–Crippen MR) is 118 cm³/mol. The van der Waals surface area contributed by atoms with Gasteiger partial charge in [0, 0.05) is 20.0 Å². The van der Waals surface area contributed by atoms with Crippen molar-refractivity contribution in [3.05, 3.63) is 0 Å². The zero-order valence-corrected chi connectivity index (χ0v) is 19.9. The number of aliphatic hydroxyl groups excluding tert-OH is 1. The van der Waals surface area contributed by atoms with E-state index in [1.54, 1.807) is 0 Å². The standard InChI is InChI=1S/C22H43N3O5/c1-15(2)14-17(26)25(7)18(20(23)28)19(27)16(3)12-10-8-9-11-13-24-21(29)30-22(4,5)6/h15-16,18-19,27H,8-14H2,1-7H3,(H2,23,28)(H,24,29)/t16-,18?,19-/m1/s1. The number of nitrogens with one attached hydrogen (secondary N) is 1. The summed E-state index contributed by atoms with van der Waals surface area (Å²) in [5.41, 5.74) is 4.98. The minimum absolute atomic E-state index is 0.160. The molecule has 0 bridgehead atoms. The Hall–Kier alpha value is -1.83. The van der Waals surface area contributed by atoms with E-state index in [0.717, 1.165) is 32.1 Å². The van der Waals surface area contributed by atoms with Gasteiger partial charge in [0.2, 0.25) is 11.8 Å². The van der Waals surface area contributed by atoms with Crippen molar-refractivity contribution in [2.24, 2.45) is 17.6 Å². The van der Waals surface area contributed by atoms with E-state index < -0.39 is 29.7 Å². The molecule has 0 aromatic rings. The Morgan fingerprint density at radius 2 is 1.63 bits per heavy atom. The molecule has 0 aliphatic carbocycles. The summed E-state index contributed by atoms with van der Waals surface area (Å²) in [5, 5.41) is 13.4. The van der Waals surface area contributed by atoms with E-state index in [1.165, 1.54) is 11.9 Å². The van der Waals surface area contributed by atoms with Crippen LogP contribution in [0.1, 0.15) is 80.1 Å². The summed E-state index contributed by atoms with van der Waals surface area (Å²) in [6.07, 6.45) is 3.20. The number of primary amides is 1. The highest BCUT2D eigenvalue weighted by molar-refractivity contribution is 5.87. The van der Waals surface area contributed by atoms with Crippen molar-refractivity contribution in [1.29, 1.82) is 0 Å². The van der Waals surface area contributed by atoms with Crippen LogP contribution in [-0.2, 0) is 14.3 Å². The monoisotopic (exact) mass is 429 g/mol. The van der Waals surface area contributed by atoms with Crippen LogP contribution in [0.3, 0.4) is 0 Å². The molecule has 30 heavy (non-hydrogen) atoms. The van der Waals surface area contributed by atoms with Crippen LogP contribution in [0.5, 0.6) is 0 Å². The first-order chi connectivity index (χ1) is 13.8. The van der Waals surface area contributed by atoms with Gasteiger partial charge in [-0.3, -0.25) is 9.59 Å². The Balaban J connectivity index is 4.29. The Morgan fingerprint density at radius 1 is 1.07 bits per heavy atom. The van der Waals surface area contributed by atoms with E-state index in [1.807, 2.05) is 41.5 Å². The zero-order chi connectivity index (χ0) is 23.5. The number of carbonyl (C=O) groups is 3. The van der Waals surface area contributed by atoms with Gasteiger partial charge >= 0.3 is 6.09 Å². The zero-order valence-electron chi connectivity index (χ0n) is 19.9. The van der Waals surface area contributed by atoms with Crippen LogP contribution < -0.4 is 11.1 Å². The fourth-order valence-corrected chi connectivity index (χ4v) is 3.17. The highest BCUT2D eigenvalue weighted by Gasteiger charge is 2.34. The lowest BCUT2D eigenvalue weighted by Gasteiger charge is -2.33. The van der Waals surface area contributed by atoms with Gasteiger partial charge in [0.25, 0.3) is 0 Å². The first kappa shape index (κ1) is 28.2. The van der Waals surface area contributed by atoms with Crippen LogP contribution in [0.25, 0.3) is 0 Å². The lowest BCUT2D eigenvalue weighted by atomic mass is 9.91. The van der Waals surface area contributed by atoms with E-state index >= 15 is 0 Å². The van der Waals surface area contributed by atoms with Gasteiger partial charge in [-0.05, 0) is 45.4 Å². The highest BCUT2D eigenvalue weighted by Crippen LogP contribution is 2.20. The molecule has 0 rings (SSSR count). The molecular weight excluding hydrogens is 386 g/mol. The maximum absolute atomic E-state index is 12.3. The third kappa shape index (κ3) is 12.0. The van der Waals surface area contributed by atoms with Crippen LogP contribution in [0.2, 0.25) is 0 Å². The van der Waals surface area contributed by atoms with E-state index in [9.17, 15) is 19.5 Å². The molecule has 8 nitrogen and oxygen atoms in total. The molecule has 0 aliphatic heterocycles. The van der Waals surface area contributed by atoms with Gasteiger partial charge in [0.15, 0.2) is 0 Å². The fraction of sp³-hybridized carbons (Fsp3) is 0.864. The molecule has 0 aliphatic rings. The molecule has 0 radical (unpaired) electrons. The largest absolute Gasteiger partial charge is 0.444 e. The molecule has 0 spiro atoms. The number of hydrogen-bond acceptors (Lipinski definition) is 5. The molecule has 8 heteroatoms. The van der Waals surface area contributed by atoms with Gasteiger partial charge < -0.3 is 25.8 Å². The third-order valence-corrected chi connectivity index (χ3v) is 4.85. The van der Waals surface area contributed by atoms with Gasteiger partial charge in [-0.1, -0.05) is 40.0 Å². The van der Waals surface area contributed by atoms with Crippen molar-refractivity contribution in [2.75, 3.05) is 13.6 Å². The van der Waals surface area contributed by atoms with E-state index in [2.05, 4.69) is 5.32 Å². The van der Waals surface area contributed by atoms with Gasteiger partial charge in [-0.15, -0.1) is 0 Å². The number of amides is 3. The summed E-state index contributed by atoms with van der Waals surface area (Å²) < 4.78 is 5.18. The van der Waals surface area contributed by atoms with Gasteiger partial charge in [-0.2, -0.15) is 0 Å². The van der Waals surface area contributed by atoms with Crippen molar-refractivity contribution < 1.29 is 24.2 Å². The number of hydrogen-bond donors (Lipinski definition) is 3. The molecular formula is C22H43N3O5. The van der Waals surface area contributed by atoms with Crippen LogP contribution >= 0.6 is 0 Å². The first-order valence-electron chi connectivity index (χ1n) is 11.0. The molecule has 1 unspecified atom stereocenters.